The van der Waals surface area contributed by atoms with Gasteiger partial charge in [0.2, 0.25) is 0 Å². The molecule has 0 unspecified atom stereocenters. The number of ether oxygens (including phenoxy) is 1. The van der Waals surface area contributed by atoms with E-state index in [2.05, 4.69) is 15.5 Å². The van der Waals surface area contributed by atoms with Gasteiger partial charge in [-0.3, -0.25) is 4.79 Å². The van der Waals surface area contributed by atoms with Crippen LogP contribution in [0.2, 0.25) is 5.02 Å². The van der Waals surface area contributed by atoms with Gasteiger partial charge in [-0.1, -0.05) is 11.6 Å². The number of hydrogen-bond acceptors (Lipinski definition) is 6. The summed E-state index contributed by atoms with van der Waals surface area (Å²) in [5, 5.41) is 21.1. The van der Waals surface area contributed by atoms with Gasteiger partial charge in [0.15, 0.2) is 5.69 Å². The van der Waals surface area contributed by atoms with Crippen LogP contribution in [-0.4, -0.2) is 34.5 Å². The number of carbonyl (C=O) groups is 1. The zero-order valence-electron chi connectivity index (χ0n) is 14.8. The fourth-order valence-corrected chi connectivity index (χ4v) is 3.53. The Kier molecular flexibility index (Phi) is 6.54. The van der Waals surface area contributed by atoms with E-state index in [-0.39, 0.29) is 18.1 Å². The highest BCUT2D eigenvalue weighted by molar-refractivity contribution is 7.98. The maximum absolute atomic E-state index is 12.3. The highest BCUT2D eigenvalue weighted by atomic mass is 35.5. The van der Waals surface area contributed by atoms with Gasteiger partial charge >= 0.3 is 0 Å². The van der Waals surface area contributed by atoms with Crippen LogP contribution in [0.5, 0.6) is 5.75 Å². The van der Waals surface area contributed by atoms with Crippen molar-refractivity contribution in [1.82, 2.24) is 15.5 Å². The molecule has 8 heteroatoms. The van der Waals surface area contributed by atoms with Crippen molar-refractivity contribution in [3.63, 3.8) is 0 Å². The summed E-state index contributed by atoms with van der Waals surface area (Å²) in [7, 11) is 0. The molecular weight excluding hydrogens is 384 g/mol. The van der Waals surface area contributed by atoms with Crippen molar-refractivity contribution in [2.75, 3.05) is 6.26 Å². The Labute approximate surface area is 167 Å². The zero-order chi connectivity index (χ0) is 19.2. The number of thioether (sulfide) groups is 1. The molecule has 1 fully saturated rings. The van der Waals surface area contributed by atoms with Crippen molar-refractivity contribution in [2.45, 2.75) is 42.9 Å². The molecule has 0 radical (unpaired) electrons. The van der Waals surface area contributed by atoms with Gasteiger partial charge in [-0.15, -0.1) is 22.0 Å². The lowest BCUT2D eigenvalue weighted by Crippen LogP contribution is -2.40. The standard InChI is InChI=1S/C19H19ClN4O2S/c1-27-18-9-8-17(23-24-18)19(25)22-13-3-6-14(7-4-13)26-15-5-2-12(11-21)16(20)10-15/h2,5,8-10,13-14H,3-4,6-7H2,1H3,(H,22,25). The monoisotopic (exact) mass is 402 g/mol. The van der Waals surface area contributed by atoms with Gasteiger partial charge in [0.25, 0.3) is 5.91 Å². The average molecular weight is 403 g/mol. The third-order valence-corrected chi connectivity index (χ3v) is 5.40. The Bertz CT molecular complexity index is 846. The molecule has 140 valence electrons. The molecule has 1 aliphatic carbocycles. The molecule has 0 aliphatic heterocycles. The molecule has 1 aromatic heterocycles. The second-order valence-electron chi connectivity index (χ2n) is 6.28. The van der Waals surface area contributed by atoms with E-state index >= 15 is 0 Å². The minimum Gasteiger partial charge on any atom is -0.490 e. The Morgan fingerprint density at radius 2 is 2.04 bits per heavy atom. The van der Waals surface area contributed by atoms with Crippen molar-refractivity contribution in [3.05, 3.63) is 46.6 Å². The summed E-state index contributed by atoms with van der Waals surface area (Å²) >= 11 is 7.53. The fraction of sp³-hybridized carbons (Fsp3) is 0.368. The maximum Gasteiger partial charge on any atom is 0.272 e. The molecule has 1 aliphatic rings. The summed E-state index contributed by atoms with van der Waals surface area (Å²) in [4.78, 5) is 12.3. The molecule has 1 heterocycles. The lowest BCUT2D eigenvalue weighted by atomic mass is 9.93. The van der Waals surface area contributed by atoms with E-state index in [1.165, 1.54) is 11.8 Å². The first-order valence-corrected chi connectivity index (χ1v) is 10.2. The molecule has 0 spiro atoms. The average Bonchev–Trinajstić information content (AvgIpc) is 2.69. The summed E-state index contributed by atoms with van der Waals surface area (Å²) < 4.78 is 5.97. The number of hydrogen-bond donors (Lipinski definition) is 1. The highest BCUT2D eigenvalue weighted by Crippen LogP contribution is 2.27. The number of amides is 1. The minimum absolute atomic E-state index is 0.0720. The molecule has 27 heavy (non-hydrogen) atoms. The number of benzene rings is 1. The number of halogens is 1. The second-order valence-corrected chi connectivity index (χ2v) is 7.51. The van der Waals surface area contributed by atoms with Gasteiger partial charge in [0, 0.05) is 12.1 Å². The van der Waals surface area contributed by atoms with Crippen molar-refractivity contribution in [3.8, 4) is 11.8 Å². The predicted molar refractivity (Wildman–Crippen MR) is 104 cm³/mol. The lowest BCUT2D eigenvalue weighted by molar-refractivity contribution is 0.0888. The van der Waals surface area contributed by atoms with Crippen LogP contribution in [0.4, 0.5) is 0 Å². The Morgan fingerprint density at radius 1 is 1.26 bits per heavy atom. The highest BCUT2D eigenvalue weighted by Gasteiger charge is 2.24. The smallest absolute Gasteiger partial charge is 0.272 e. The van der Waals surface area contributed by atoms with Crippen LogP contribution in [-0.2, 0) is 0 Å². The quantitative estimate of drug-likeness (QED) is 0.764. The van der Waals surface area contributed by atoms with Gasteiger partial charge in [-0.2, -0.15) is 5.26 Å². The van der Waals surface area contributed by atoms with E-state index in [0.717, 1.165) is 30.7 Å². The molecule has 2 aromatic rings. The minimum atomic E-state index is -0.196. The van der Waals surface area contributed by atoms with Crippen molar-refractivity contribution >= 4 is 29.3 Å². The summed E-state index contributed by atoms with van der Waals surface area (Å²) in [5.41, 5.74) is 0.766. The summed E-state index contributed by atoms with van der Waals surface area (Å²) in [6.07, 6.45) is 5.31. The van der Waals surface area contributed by atoms with Crippen LogP contribution in [0.3, 0.4) is 0 Å². The number of nitrogens with zero attached hydrogens (tertiary/aromatic N) is 3. The molecular formula is C19H19ClN4O2S. The van der Waals surface area contributed by atoms with Crippen molar-refractivity contribution in [2.24, 2.45) is 0 Å². The van der Waals surface area contributed by atoms with Crippen molar-refractivity contribution in [1.29, 1.82) is 5.26 Å². The fourth-order valence-electron chi connectivity index (χ4n) is 2.99. The summed E-state index contributed by atoms with van der Waals surface area (Å²) in [6, 6.07) is 10.7. The van der Waals surface area contributed by atoms with Crippen LogP contribution >= 0.6 is 23.4 Å². The Morgan fingerprint density at radius 3 is 2.63 bits per heavy atom. The number of nitrogens with one attached hydrogen (secondary N) is 1. The lowest BCUT2D eigenvalue weighted by Gasteiger charge is -2.29. The van der Waals surface area contributed by atoms with E-state index in [4.69, 9.17) is 21.6 Å². The third-order valence-electron chi connectivity index (χ3n) is 4.46. The maximum atomic E-state index is 12.3. The van der Waals surface area contributed by atoms with Gasteiger partial charge < -0.3 is 10.1 Å². The van der Waals surface area contributed by atoms with Crippen LogP contribution in [0.15, 0.2) is 35.4 Å². The van der Waals surface area contributed by atoms with E-state index in [1.54, 1.807) is 30.3 Å². The van der Waals surface area contributed by atoms with Crippen molar-refractivity contribution < 1.29 is 9.53 Å². The Hall–Kier alpha value is -2.30. The number of carbonyl (C=O) groups excluding carboxylic acids is 1. The van der Waals surface area contributed by atoms with Gasteiger partial charge in [-0.05, 0) is 56.2 Å². The molecule has 0 saturated heterocycles. The van der Waals surface area contributed by atoms with E-state index in [0.29, 0.717) is 22.0 Å². The molecule has 1 saturated carbocycles. The number of aromatic nitrogens is 2. The predicted octanol–water partition coefficient (Wildman–Crippen LogP) is 3.84. The third kappa shape index (κ3) is 5.12. The van der Waals surface area contributed by atoms with E-state index in [9.17, 15) is 4.79 Å². The zero-order valence-corrected chi connectivity index (χ0v) is 16.4. The molecule has 1 amide bonds. The second kappa shape index (κ2) is 9.07. The molecule has 3 rings (SSSR count). The molecule has 0 atom stereocenters. The molecule has 6 nitrogen and oxygen atoms in total. The summed E-state index contributed by atoms with van der Waals surface area (Å²) in [6.45, 7) is 0. The Balaban J connectivity index is 1.49. The normalized spacial score (nSPS) is 19.1. The van der Waals surface area contributed by atoms with Crippen LogP contribution < -0.4 is 10.1 Å². The molecule has 1 aromatic carbocycles. The first-order valence-electron chi connectivity index (χ1n) is 8.64. The van der Waals surface area contributed by atoms with E-state index in [1.807, 2.05) is 12.3 Å². The largest absolute Gasteiger partial charge is 0.490 e. The molecule has 0 bridgehead atoms. The van der Waals surface area contributed by atoms with Gasteiger partial charge in [0.1, 0.15) is 16.8 Å². The topological polar surface area (TPSA) is 87.9 Å². The SMILES string of the molecule is CSc1ccc(C(=O)NC2CCC(Oc3ccc(C#N)c(Cl)c3)CC2)nn1. The van der Waals surface area contributed by atoms with Crippen LogP contribution in [0.1, 0.15) is 41.7 Å². The number of rotatable bonds is 5. The number of nitriles is 1. The van der Waals surface area contributed by atoms with Crippen LogP contribution in [0.25, 0.3) is 0 Å². The first kappa shape index (κ1) is 19.5. The molecule has 1 N–H and O–H groups in total. The van der Waals surface area contributed by atoms with Gasteiger partial charge in [-0.25, -0.2) is 0 Å². The van der Waals surface area contributed by atoms with E-state index < -0.39 is 0 Å². The van der Waals surface area contributed by atoms with Gasteiger partial charge in [0.05, 0.1) is 16.7 Å². The summed E-state index contributed by atoms with van der Waals surface area (Å²) in [5.74, 6) is 0.467. The van der Waals surface area contributed by atoms with Crippen LogP contribution in [0, 0.1) is 11.3 Å². The first-order chi connectivity index (χ1) is 13.1.